The number of halogens is 1. The van der Waals surface area contributed by atoms with Gasteiger partial charge in [0.05, 0.1) is 12.7 Å². The van der Waals surface area contributed by atoms with E-state index in [1.165, 1.54) is 6.07 Å². The summed E-state index contributed by atoms with van der Waals surface area (Å²) in [6.45, 7) is 7.17. The summed E-state index contributed by atoms with van der Waals surface area (Å²) in [5, 5.41) is 19.1. The highest BCUT2D eigenvalue weighted by atomic mass is 19.1. The van der Waals surface area contributed by atoms with Crippen molar-refractivity contribution in [1.29, 1.82) is 0 Å². The minimum absolute atomic E-state index is 0.105. The van der Waals surface area contributed by atoms with Gasteiger partial charge in [-0.1, -0.05) is 12.1 Å². The number of hydrogen-bond acceptors (Lipinski definition) is 3. The maximum absolute atomic E-state index is 13.4. The average molecular weight is 269 g/mol. The molecule has 0 amide bonds. The molecule has 0 fully saturated rings. The van der Waals surface area contributed by atoms with Gasteiger partial charge in [0, 0.05) is 19.1 Å². The number of benzene rings is 1. The molecule has 0 spiro atoms. The van der Waals surface area contributed by atoms with Crippen molar-refractivity contribution in [2.24, 2.45) is 0 Å². The van der Waals surface area contributed by atoms with E-state index in [2.05, 4.69) is 4.90 Å². The summed E-state index contributed by atoms with van der Waals surface area (Å²) in [6, 6.07) is 5.15. The Morgan fingerprint density at radius 1 is 1.26 bits per heavy atom. The number of aryl methyl sites for hydroxylation is 1. The molecule has 0 saturated heterocycles. The normalized spacial score (nSPS) is 13.3. The fourth-order valence-corrected chi connectivity index (χ4v) is 2.03. The first-order chi connectivity index (χ1) is 8.95. The number of rotatable bonds is 7. The van der Waals surface area contributed by atoms with Crippen molar-refractivity contribution in [3.05, 3.63) is 35.1 Å². The maximum atomic E-state index is 13.4. The molecule has 1 aromatic rings. The third-order valence-corrected chi connectivity index (χ3v) is 3.39. The Hall–Kier alpha value is -0.970. The molecule has 0 aliphatic carbocycles. The van der Waals surface area contributed by atoms with Crippen molar-refractivity contribution in [3.63, 3.8) is 0 Å². The summed E-state index contributed by atoms with van der Waals surface area (Å²) in [4.78, 5) is 2.09. The van der Waals surface area contributed by atoms with Crippen LogP contribution < -0.4 is 0 Å². The van der Waals surface area contributed by atoms with Crippen LogP contribution in [0.25, 0.3) is 0 Å². The van der Waals surface area contributed by atoms with Gasteiger partial charge in [0.25, 0.3) is 0 Å². The first-order valence-corrected chi connectivity index (χ1v) is 6.74. The highest BCUT2D eigenvalue weighted by Gasteiger charge is 2.14. The largest absolute Gasteiger partial charge is 0.395 e. The minimum atomic E-state index is -0.671. The molecule has 1 aromatic carbocycles. The molecule has 0 bridgehead atoms. The van der Waals surface area contributed by atoms with Crippen molar-refractivity contribution < 1.29 is 14.6 Å². The van der Waals surface area contributed by atoms with Crippen LogP contribution in [0.15, 0.2) is 18.2 Å². The second kappa shape index (κ2) is 7.58. The molecule has 2 N–H and O–H groups in total. The molecule has 108 valence electrons. The summed E-state index contributed by atoms with van der Waals surface area (Å²) in [6.07, 6.45) is -0.143. The lowest BCUT2D eigenvalue weighted by molar-refractivity contribution is 0.116. The molecular weight excluding hydrogens is 245 g/mol. The van der Waals surface area contributed by atoms with Crippen LogP contribution in [0.3, 0.4) is 0 Å². The Balaban J connectivity index is 2.58. The predicted octanol–water partition coefficient (Wildman–Crippen LogP) is 2.26. The van der Waals surface area contributed by atoms with Crippen molar-refractivity contribution >= 4 is 0 Å². The molecule has 0 radical (unpaired) electrons. The van der Waals surface area contributed by atoms with Gasteiger partial charge in [-0.15, -0.1) is 0 Å². The van der Waals surface area contributed by atoms with Gasteiger partial charge >= 0.3 is 0 Å². The molecule has 1 unspecified atom stereocenters. The van der Waals surface area contributed by atoms with Crippen LogP contribution in [0.5, 0.6) is 0 Å². The SMILES string of the molecule is Cc1ccc(C(O)CCN(CCO)C(C)C)cc1F. The van der Waals surface area contributed by atoms with Crippen LogP contribution in [-0.4, -0.2) is 40.9 Å². The maximum Gasteiger partial charge on any atom is 0.126 e. The fraction of sp³-hybridized carbons (Fsp3) is 0.600. The standard InChI is InChI=1S/C15H24FNO2/c1-11(2)17(8-9-18)7-6-15(19)13-5-4-12(3)14(16)10-13/h4-5,10-11,15,18-19H,6-9H2,1-3H3. The van der Waals surface area contributed by atoms with Gasteiger partial charge in [-0.3, -0.25) is 4.90 Å². The Morgan fingerprint density at radius 2 is 1.95 bits per heavy atom. The van der Waals surface area contributed by atoms with Crippen LogP contribution >= 0.6 is 0 Å². The van der Waals surface area contributed by atoms with E-state index in [4.69, 9.17) is 5.11 Å². The second-order valence-electron chi connectivity index (χ2n) is 5.17. The van der Waals surface area contributed by atoms with Gasteiger partial charge in [-0.25, -0.2) is 4.39 Å². The van der Waals surface area contributed by atoms with E-state index in [0.717, 1.165) is 0 Å². The topological polar surface area (TPSA) is 43.7 Å². The third-order valence-electron chi connectivity index (χ3n) is 3.39. The van der Waals surface area contributed by atoms with Crippen molar-refractivity contribution in [3.8, 4) is 0 Å². The van der Waals surface area contributed by atoms with E-state index in [1.807, 2.05) is 13.8 Å². The number of nitrogens with zero attached hydrogens (tertiary/aromatic N) is 1. The van der Waals surface area contributed by atoms with E-state index in [0.29, 0.717) is 36.7 Å². The predicted molar refractivity (Wildman–Crippen MR) is 74.5 cm³/mol. The zero-order chi connectivity index (χ0) is 14.4. The summed E-state index contributed by atoms with van der Waals surface area (Å²) in [7, 11) is 0. The van der Waals surface area contributed by atoms with Crippen molar-refractivity contribution in [2.75, 3.05) is 19.7 Å². The molecule has 1 rings (SSSR count). The van der Waals surface area contributed by atoms with Gasteiger partial charge in [0.2, 0.25) is 0 Å². The monoisotopic (exact) mass is 269 g/mol. The van der Waals surface area contributed by atoms with Crippen molar-refractivity contribution in [2.45, 2.75) is 39.3 Å². The zero-order valence-corrected chi connectivity index (χ0v) is 11.9. The van der Waals surface area contributed by atoms with Gasteiger partial charge in [-0.2, -0.15) is 0 Å². The zero-order valence-electron chi connectivity index (χ0n) is 11.9. The second-order valence-corrected chi connectivity index (χ2v) is 5.17. The van der Waals surface area contributed by atoms with Gasteiger partial charge < -0.3 is 10.2 Å². The lowest BCUT2D eigenvalue weighted by Gasteiger charge is -2.26. The minimum Gasteiger partial charge on any atom is -0.395 e. The van der Waals surface area contributed by atoms with Crippen LogP contribution in [0.4, 0.5) is 4.39 Å². The molecular formula is C15H24FNO2. The molecule has 0 saturated carbocycles. The van der Waals surface area contributed by atoms with Gasteiger partial charge in [0.1, 0.15) is 5.82 Å². The molecule has 0 aliphatic rings. The van der Waals surface area contributed by atoms with E-state index in [-0.39, 0.29) is 12.4 Å². The number of hydrogen-bond donors (Lipinski definition) is 2. The highest BCUT2D eigenvalue weighted by molar-refractivity contribution is 5.24. The third kappa shape index (κ3) is 4.90. The lowest BCUT2D eigenvalue weighted by atomic mass is 10.0. The first kappa shape index (κ1) is 16.1. The van der Waals surface area contributed by atoms with Crippen LogP contribution in [0, 0.1) is 12.7 Å². The Labute approximate surface area is 114 Å². The van der Waals surface area contributed by atoms with Gasteiger partial charge in [-0.05, 0) is 44.4 Å². The lowest BCUT2D eigenvalue weighted by Crippen LogP contribution is -2.35. The van der Waals surface area contributed by atoms with Crippen LogP contribution in [0.2, 0.25) is 0 Å². The Kier molecular flexibility index (Phi) is 6.42. The van der Waals surface area contributed by atoms with E-state index in [9.17, 15) is 9.50 Å². The number of aliphatic hydroxyl groups excluding tert-OH is 2. The Bertz CT molecular complexity index is 396. The van der Waals surface area contributed by atoms with Crippen LogP contribution in [0.1, 0.15) is 37.5 Å². The molecule has 3 nitrogen and oxygen atoms in total. The quantitative estimate of drug-likeness (QED) is 0.798. The van der Waals surface area contributed by atoms with E-state index < -0.39 is 6.10 Å². The fourth-order valence-electron chi connectivity index (χ4n) is 2.03. The highest BCUT2D eigenvalue weighted by Crippen LogP contribution is 2.20. The number of aliphatic hydroxyl groups is 2. The summed E-state index contributed by atoms with van der Waals surface area (Å²) >= 11 is 0. The van der Waals surface area contributed by atoms with Crippen LogP contribution in [-0.2, 0) is 0 Å². The van der Waals surface area contributed by atoms with E-state index in [1.54, 1.807) is 19.1 Å². The molecule has 0 heterocycles. The first-order valence-electron chi connectivity index (χ1n) is 6.74. The van der Waals surface area contributed by atoms with Crippen molar-refractivity contribution in [1.82, 2.24) is 4.90 Å². The average Bonchev–Trinajstić information content (AvgIpc) is 2.37. The molecule has 4 heteroatoms. The molecule has 19 heavy (non-hydrogen) atoms. The summed E-state index contributed by atoms with van der Waals surface area (Å²) in [5.41, 5.74) is 1.19. The molecule has 0 aromatic heterocycles. The Morgan fingerprint density at radius 3 is 2.47 bits per heavy atom. The summed E-state index contributed by atoms with van der Waals surface area (Å²) < 4.78 is 13.4. The van der Waals surface area contributed by atoms with E-state index >= 15 is 0 Å². The van der Waals surface area contributed by atoms with Gasteiger partial charge in [0.15, 0.2) is 0 Å². The smallest absolute Gasteiger partial charge is 0.126 e. The summed E-state index contributed by atoms with van der Waals surface area (Å²) in [5.74, 6) is -0.285. The molecule has 0 aliphatic heterocycles. The molecule has 1 atom stereocenters.